The van der Waals surface area contributed by atoms with Crippen LogP contribution < -0.4 is 4.74 Å². The number of amides is 1. The van der Waals surface area contributed by atoms with Gasteiger partial charge in [-0.25, -0.2) is 0 Å². The molecule has 1 aromatic carbocycles. The van der Waals surface area contributed by atoms with Crippen molar-refractivity contribution in [2.24, 2.45) is 0 Å². The lowest BCUT2D eigenvalue weighted by molar-refractivity contribution is -0.137. The van der Waals surface area contributed by atoms with E-state index in [1.165, 1.54) is 0 Å². The number of ether oxygens (including phenoxy) is 1. The number of benzene rings is 1. The number of hydrogen-bond acceptors (Lipinski definition) is 3. The SMILES string of the molecule is CCN(CC)C(=O)C(C)Oc1ccc(Br)cc1C=O. The molecule has 0 aliphatic rings. The number of carbonyl (C=O) groups is 2. The summed E-state index contributed by atoms with van der Waals surface area (Å²) in [6, 6.07) is 5.12. The second-order valence-corrected chi connectivity index (χ2v) is 4.99. The lowest BCUT2D eigenvalue weighted by atomic mass is 10.2. The molecule has 104 valence electrons. The molecule has 0 spiro atoms. The van der Waals surface area contributed by atoms with Crippen LogP contribution in [-0.4, -0.2) is 36.3 Å². The van der Waals surface area contributed by atoms with Crippen LogP contribution in [0.3, 0.4) is 0 Å². The van der Waals surface area contributed by atoms with E-state index in [1.54, 1.807) is 30.0 Å². The van der Waals surface area contributed by atoms with Crippen molar-refractivity contribution in [2.75, 3.05) is 13.1 Å². The standard InChI is InChI=1S/C14H18BrNO3/c1-4-16(5-2)14(18)10(3)19-13-7-6-12(15)8-11(13)9-17/h6-10H,4-5H2,1-3H3. The summed E-state index contributed by atoms with van der Waals surface area (Å²) in [4.78, 5) is 24.8. The van der Waals surface area contributed by atoms with Gasteiger partial charge in [-0.2, -0.15) is 0 Å². The van der Waals surface area contributed by atoms with Gasteiger partial charge in [0.05, 0.1) is 5.56 Å². The summed E-state index contributed by atoms with van der Waals surface area (Å²) < 4.78 is 6.39. The van der Waals surface area contributed by atoms with Gasteiger partial charge in [-0.1, -0.05) is 15.9 Å². The van der Waals surface area contributed by atoms with E-state index in [4.69, 9.17) is 4.74 Å². The van der Waals surface area contributed by atoms with Gasteiger partial charge >= 0.3 is 0 Å². The van der Waals surface area contributed by atoms with E-state index in [0.29, 0.717) is 30.7 Å². The molecule has 1 amide bonds. The smallest absolute Gasteiger partial charge is 0.263 e. The molecule has 0 fully saturated rings. The summed E-state index contributed by atoms with van der Waals surface area (Å²) in [6.07, 6.45) is 0.106. The van der Waals surface area contributed by atoms with E-state index in [0.717, 1.165) is 4.47 Å². The topological polar surface area (TPSA) is 46.6 Å². The Kier molecular flexibility index (Phi) is 6.02. The Balaban J connectivity index is 2.84. The van der Waals surface area contributed by atoms with Crippen molar-refractivity contribution in [1.82, 2.24) is 4.90 Å². The zero-order chi connectivity index (χ0) is 14.4. The maximum Gasteiger partial charge on any atom is 0.263 e. The molecule has 0 aromatic heterocycles. The van der Waals surface area contributed by atoms with Crippen molar-refractivity contribution in [3.8, 4) is 5.75 Å². The second kappa shape index (κ2) is 7.28. The second-order valence-electron chi connectivity index (χ2n) is 4.07. The highest BCUT2D eigenvalue weighted by Crippen LogP contribution is 2.23. The molecule has 1 unspecified atom stereocenters. The van der Waals surface area contributed by atoms with Gasteiger partial charge < -0.3 is 9.64 Å². The van der Waals surface area contributed by atoms with Crippen LogP contribution in [0.15, 0.2) is 22.7 Å². The highest BCUT2D eigenvalue weighted by Gasteiger charge is 2.20. The summed E-state index contributed by atoms with van der Waals surface area (Å²) in [5.41, 5.74) is 0.425. The summed E-state index contributed by atoms with van der Waals surface area (Å²) in [5, 5.41) is 0. The first kappa shape index (κ1) is 15.7. The maximum atomic E-state index is 12.1. The van der Waals surface area contributed by atoms with Crippen LogP contribution in [0.2, 0.25) is 0 Å². The molecule has 4 nitrogen and oxygen atoms in total. The fraction of sp³-hybridized carbons (Fsp3) is 0.429. The predicted octanol–water partition coefficient (Wildman–Crippen LogP) is 2.90. The molecule has 0 radical (unpaired) electrons. The molecule has 0 aliphatic carbocycles. The predicted molar refractivity (Wildman–Crippen MR) is 77.5 cm³/mol. The van der Waals surface area contributed by atoms with Gasteiger partial charge in [0.15, 0.2) is 12.4 Å². The van der Waals surface area contributed by atoms with Crippen LogP contribution in [0.1, 0.15) is 31.1 Å². The Labute approximate surface area is 121 Å². The van der Waals surface area contributed by atoms with Gasteiger partial charge in [0.25, 0.3) is 5.91 Å². The molecule has 1 atom stereocenters. The minimum atomic E-state index is -0.611. The zero-order valence-electron chi connectivity index (χ0n) is 11.4. The van der Waals surface area contributed by atoms with Crippen LogP contribution >= 0.6 is 15.9 Å². The molecule has 5 heteroatoms. The Morgan fingerprint density at radius 2 is 2.05 bits per heavy atom. The quantitative estimate of drug-likeness (QED) is 0.755. The van der Waals surface area contributed by atoms with Gasteiger partial charge in [-0.05, 0) is 39.0 Å². The lowest BCUT2D eigenvalue weighted by Gasteiger charge is -2.23. The van der Waals surface area contributed by atoms with E-state index >= 15 is 0 Å². The number of aldehydes is 1. The number of rotatable bonds is 6. The monoisotopic (exact) mass is 327 g/mol. The van der Waals surface area contributed by atoms with Crippen LogP contribution in [0.25, 0.3) is 0 Å². The Morgan fingerprint density at radius 1 is 1.42 bits per heavy atom. The molecule has 1 rings (SSSR count). The summed E-state index contributed by atoms with van der Waals surface area (Å²) in [5.74, 6) is 0.343. The van der Waals surface area contributed by atoms with Crippen molar-refractivity contribution in [3.63, 3.8) is 0 Å². The Morgan fingerprint density at radius 3 is 2.58 bits per heavy atom. The highest BCUT2D eigenvalue weighted by atomic mass is 79.9. The first-order valence-corrected chi connectivity index (χ1v) is 7.02. The molecule has 0 heterocycles. The normalized spacial score (nSPS) is 11.8. The lowest BCUT2D eigenvalue weighted by Crippen LogP contribution is -2.40. The summed E-state index contributed by atoms with van der Waals surface area (Å²) in [6.45, 7) is 6.82. The number of nitrogens with zero attached hydrogens (tertiary/aromatic N) is 1. The maximum absolute atomic E-state index is 12.1. The Bertz CT molecular complexity index is 458. The fourth-order valence-corrected chi connectivity index (χ4v) is 2.13. The largest absolute Gasteiger partial charge is 0.480 e. The van der Waals surface area contributed by atoms with Crippen LogP contribution in [-0.2, 0) is 4.79 Å². The van der Waals surface area contributed by atoms with E-state index in [1.807, 2.05) is 13.8 Å². The van der Waals surface area contributed by atoms with Gasteiger partial charge in [0.2, 0.25) is 0 Å². The first-order chi connectivity index (χ1) is 9.03. The van der Waals surface area contributed by atoms with E-state index in [2.05, 4.69) is 15.9 Å². The third-order valence-electron chi connectivity index (χ3n) is 2.83. The van der Waals surface area contributed by atoms with Crippen molar-refractivity contribution in [1.29, 1.82) is 0 Å². The molecule has 1 aromatic rings. The zero-order valence-corrected chi connectivity index (χ0v) is 12.9. The van der Waals surface area contributed by atoms with E-state index < -0.39 is 6.10 Å². The van der Waals surface area contributed by atoms with Crippen molar-refractivity contribution in [2.45, 2.75) is 26.9 Å². The highest BCUT2D eigenvalue weighted by molar-refractivity contribution is 9.10. The average Bonchev–Trinajstić information content (AvgIpc) is 2.41. The van der Waals surface area contributed by atoms with Gasteiger partial charge in [-0.15, -0.1) is 0 Å². The van der Waals surface area contributed by atoms with Gasteiger partial charge in [0.1, 0.15) is 5.75 Å². The minimum absolute atomic E-state index is 0.0789. The van der Waals surface area contributed by atoms with Gasteiger partial charge in [0, 0.05) is 17.6 Å². The third kappa shape index (κ3) is 4.06. The first-order valence-electron chi connectivity index (χ1n) is 6.23. The molecule has 0 bridgehead atoms. The molecule has 0 saturated heterocycles. The fourth-order valence-electron chi connectivity index (χ4n) is 1.75. The molecular formula is C14H18BrNO3. The van der Waals surface area contributed by atoms with Crippen molar-refractivity contribution < 1.29 is 14.3 Å². The minimum Gasteiger partial charge on any atom is -0.480 e. The molecular weight excluding hydrogens is 310 g/mol. The number of hydrogen-bond donors (Lipinski definition) is 0. The summed E-state index contributed by atoms with van der Waals surface area (Å²) in [7, 11) is 0. The van der Waals surface area contributed by atoms with Gasteiger partial charge in [-0.3, -0.25) is 9.59 Å². The Hall–Kier alpha value is -1.36. The van der Waals surface area contributed by atoms with Crippen LogP contribution in [0, 0.1) is 0 Å². The van der Waals surface area contributed by atoms with Crippen LogP contribution in [0.5, 0.6) is 5.75 Å². The number of carbonyl (C=O) groups excluding carboxylic acids is 2. The molecule has 0 saturated carbocycles. The summed E-state index contributed by atoms with van der Waals surface area (Å²) >= 11 is 3.29. The number of likely N-dealkylation sites (N-methyl/N-ethyl adjacent to an activating group) is 1. The van der Waals surface area contributed by atoms with E-state index in [-0.39, 0.29) is 5.91 Å². The van der Waals surface area contributed by atoms with Crippen LogP contribution in [0.4, 0.5) is 0 Å². The molecule has 0 aliphatic heterocycles. The molecule has 19 heavy (non-hydrogen) atoms. The molecule has 0 N–H and O–H groups in total. The van der Waals surface area contributed by atoms with Crippen molar-refractivity contribution >= 4 is 28.1 Å². The number of halogens is 1. The van der Waals surface area contributed by atoms with Crippen molar-refractivity contribution in [3.05, 3.63) is 28.2 Å². The average molecular weight is 328 g/mol. The van der Waals surface area contributed by atoms with E-state index in [9.17, 15) is 9.59 Å². The third-order valence-corrected chi connectivity index (χ3v) is 3.32.